The first kappa shape index (κ1) is 24.3. The number of carbonyl (C=O) groups is 3. The van der Waals surface area contributed by atoms with Crippen LogP contribution in [0.4, 0.5) is 0 Å². The maximum atomic E-state index is 11.9. The molecule has 0 radical (unpaired) electrons. The van der Waals surface area contributed by atoms with Crippen LogP contribution >= 0.6 is 0 Å². The van der Waals surface area contributed by atoms with Gasteiger partial charge in [0.2, 0.25) is 12.2 Å². The Morgan fingerprint density at radius 2 is 1.73 bits per heavy atom. The van der Waals surface area contributed by atoms with E-state index >= 15 is 0 Å². The molecule has 0 spiro atoms. The summed E-state index contributed by atoms with van der Waals surface area (Å²) < 4.78 is 37.9. The van der Waals surface area contributed by atoms with E-state index < -0.39 is 46.5 Å². The Balaban J connectivity index is 4.54. The molecule has 11 heteroatoms. The van der Waals surface area contributed by atoms with Crippen molar-refractivity contribution in [1.82, 2.24) is 5.32 Å². The molecule has 0 saturated heterocycles. The molecule has 0 saturated carbocycles. The van der Waals surface area contributed by atoms with Crippen LogP contribution < -0.4 is 5.32 Å². The summed E-state index contributed by atoms with van der Waals surface area (Å²) in [5, 5.41) is 12.5. The average Bonchev–Trinajstić information content (AvgIpc) is 2.48. The van der Waals surface area contributed by atoms with Crippen LogP contribution in [-0.2, 0) is 38.2 Å². The largest absolute Gasteiger partial charge is 0.426 e. The van der Waals surface area contributed by atoms with Gasteiger partial charge in [0.1, 0.15) is 0 Å². The first-order chi connectivity index (χ1) is 11.8. The number of aliphatic hydroxyl groups excluding tert-OH is 1. The normalized spacial score (nSPS) is 14.2. The third-order valence-electron chi connectivity index (χ3n) is 3.13. The standard InChI is InChI=1S/C15H27NO9S/c1-10(17)16-7-6-8-26(21,22)23-9-15(4,5)13(19)14(20)25-12(3)24-11(2)18/h12-13,19H,6-9H2,1-5H3,(H,16,17)/t12?,13-/m0/s1. The smallest absolute Gasteiger partial charge is 0.338 e. The fourth-order valence-corrected chi connectivity index (χ4v) is 2.80. The van der Waals surface area contributed by atoms with Crippen LogP contribution in [0.2, 0.25) is 0 Å². The van der Waals surface area contributed by atoms with E-state index in [1.165, 1.54) is 27.7 Å². The predicted molar refractivity (Wildman–Crippen MR) is 90.1 cm³/mol. The van der Waals surface area contributed by atoms with Gasteiger partial charge in [-0.25, -0.2) is 4.79 Å². The molecule has 152 valence electrons. The Morgan fingerprint density at radius 1 is 1.15 bits per heavy atom. The minimum absolute atomic E-state index is 0.160. The van der Waals surface area contributed by atoms with E-state index in [0.717, 1.165) is 6.92 Å². The molecular weight excluding hydrogens is 370 g/mol. The van der Waals surface area contributed by atoms with Crippen molar-refractivity contribution in [2.45, 2.75) is 53.4 Å². The van der Waals surface area contributed by atoms with Gasteiger partial charge in [0.25, 0.3) is 10.1 Å². The number of ether oxygens (including phenoxy) is 2. The van der Waals surface area contributed by atoms with Crippen molar-refractivity contribution in [1.29, 1.82) is 0 Å². The van der Waals surface area contributed by atoms with Crippen molar-refractivity contribution in [3.05, 3.63) is 0 Å². The quantitative estimate of drug-likeness (QED) is 0.208. The van der Waals surface area contributed by atoms with Gasteiger partial charge in [-0.1, -0.05) is 13.8 Å². The molecule has 0 rings (SSSR count). The number of rotatable bonds is 11. The third kappa shape index (κ3) is 10.3. The molecule has 2 N–H and O–H groups in total. The highest BCUT2D eigenvalue weighted by molar-refractivity contribution is 7.86. The Morgan fingerprint density at radius 3 is 2.23 bits per heavy atom. The molecule has 0 aliphatic heterocycles. The number of aliphatic hydroxyl groups is 1. The first-order valence-electron chi connectivity index (χ1n) is 7.94. The zero-order valence-electron chi connectivity index (χ0n) is 15.6. The molecule has 1 unspecified atom stereocenters. The second-order valence-corrected chi connectivity index (χ2v) is 8.12. The van der Waals surface area contributed by atoms with E-state index in [0.29, 0.717) is 0 Å². The highest BCUT2D eigenvalue weighted by Crippen LogP contribution is 2.24. The summed E-state index contributed by atoms with van der Waals surface area (Å²) in [4.78, 5) is 33.4. The minimum Gasteiger partial charge on any atom is -0.426 e. The van der Waals surface area contributed by atoms with Crippen LogP contribution in [0.25, 0.3) is 0 Å². The van der Waals surface area contributed by atoms with E-state index in [1.807, 2.05) is 0 Å². The zero-order valence-corrected chi connectivity index (χ0v) is 16.4. The summed E-state index contributed by atoms with van der Waals surface area (Å²) in [7, 11) is -3.89. The Labute approximate surface area is 153 Å². The highest BCUT2D eigenvalue weighted by Gasteiger charge is 2.37. The van der Waals surface area contributed by atoms with Crippen LogP contribution in [0.15, 0.2) is 0 Å². The third-order valence-corrected chi connectivity index (χ3v) is 4.40. The Hall–Kier alpha value is -1.72. The number of amides is 1. The van der Waals surface area contributed by atoms with Crippen molar-refractivity contribution >= 4 is 28.0 Å². The fourth-order valence-electron chi connectivity index (χ4n) is 1.70. The molecule has 0 aliphatic rings. The minimum atomic E-state index is -3.89. The lowest BCUT2D eigenvalue weighted by molar-refractivity contribution is -0.193. The molecule has 0 aromatic heterocycles. The van der Waals surface area contributed by atoms with Crippen LogP contribution in [-0.4, -0.2) is 62.7 Å². The number of esters is 2. The summed E-state index contributed by atoms with van der Waals surface area (Å²) in [6.07, 6.45) is -2.73. The van der Waals surface area contributed by atoms with Gasteiger partial charge in [0.05, 0.1) is 12.4 Å². The fraction of sp³-hybridized carbons (Fsp3) is 0.800. The van der Waals surface area contributed by atoms with E-state index in [1.54, 1.807) is 0 Å². The maximum absolute atomic E-state index is 11.9. The molecule has 2 atom stereocenters. The summed E-state index contributed by atoms with van der Waals surface area (Å²) in [5.74, 6) is -2.33. The lowest BCUT2D eigenvalue weighted by Gasteiger charge is -2.29. The lowest BCUT2D eigenvalue weighted by Crippen LogP contribution is -2.43. The molecule has 0 bridgehead atoms. The lowest BCUT2D eigenvalue weighted by atomic mass is 9.88. The second kappa shape index (κ2) is 10.4. The monoisotopic (exact) mass is 397 g/mol. The summed E-state index contributed by atoms with van der Waals surface area (Å²) in [6.45, 7) is 6.31. The molecule has 0 aromatic rings. The van der Waals surface area contributed by atoms with Gasteiger partial charge in [-0.2, -0.15) is 8.42 Å². The van der Waals surface area contributed by atoms with Crippen LogP contribution in [0.3, 0.4) is 0 Å². The zero-order chi connectivity index (χ0) is 20.5. The second-order valence-electron chi connectivity index (χ2n) is 6.37. The molecule has 0 fully saturated rings. The summed E-state index contributed by atoms with van der Waals surface area (Å²) in [6, 6.07) is 0. The predicted octanol–water partition coefficient (Wildman–Crippen LogP) is -0.302. The van der Waals surface area contributed by atoms with E-state index in [9.17, 15) is 27.9 Å². The van der Waals surface area contributed by atoms with Crippen LogP contribution in [0.1, 0.15) is 41.0 Å². The number of carbonyl (C=O) groups excluding carboxylic acids is 3. The Kier molecular flexibility index (Phi) is 9.74. The van der Waals surface area contributed by atoms with E-state index in [2.05, 4.69) is 10.1 Å². The van der Waals surface area contributed by atoms with Crippen molar-refractivity contribution in [2.24, 2.45) is 5.41 Å². The van der Waals surface area contributed by atoms with Crippen molar-refractivity contribution in [3.8, 4) is 0 Å². The average molecular weight is 397 g/mol. The Bertz CT molecular complexity index is 600. The van der Waals surface area contributed by atoms with Crippen molar-refractivity contribution in [2.75, 3.05) is 18.9 Å². The van der Waals surface area contributed by atoms with Crippen LogP contribution in [0, 0.1) is 5.41 Å². The van der Waals surface area contributed by atoms with Gasteiger partial charge in [-0.3, -0.25) is 13.8 Å². The molecule has 26 heavy (non-hydrogen) atoms. The van der Waals surface area contributed by atoms with Gasteiger partial charge in [0.15, 0.2) is 6.10 Å². The van der Waals surface area contributed by atoms with Crippen molar-refractivity contribution < 1.29 is 41.6 Å². The number of hydrogen-bond donors (Lipinski definition) is 2. The van der Waals surface area contributed by atoms with Crippen LogP contribution in [0.5, 0.6) is 0 Å². The number of nitrogens with one attached hydrogen (secondary N) is 1. The molecule has 0 aliphatic carbocycles. The van der Waals surface area contributed by atoms with Crippen molar-refractivity contribution in [3.63, 3.8) is 0 Å². The first-order valence-corrected chi connectivity index (χ1v) is 9.52. The summed E-state index contributed by atoms with van der Waals surface area (Å²) in [5.41, 5.74) is -1.28. The number of hydrogen-bond acceptors (Lipinski definition) is 9. The molecule has 1 amide bonds. The summed E-state index contributed by atoms with van der Waals surface area (Å²) >= 11 is 0. The van der Waals surface area contributed by atoms with Gasteiger partial charge < -0.3 is 19.9 Å². The van der Waals surface area contributed by atoms with Gasteiger partial charge in [0, 0.05) is 32.7 Å². The molecule has 0 heterocycles. The molecule has 10 nitrogen and oxygen atoms in total. The van der Waals surface area contributed by atoms with E-state index in [4.69, 9.17) is 8.92 Å². The molecular formula is C15H27NO9S. The molecule has 0 aromatic carbocycles. The highest BCUT2D eigenvalue weighted by atomic mass is 32.2. The van der Waals surface area contributed by atoms with E-state index in [-0.39, 0.29) is 24.6 Å². The maximum Gasteiger partial charge on any atom is 0.338 e. The topological polar surface area (TPSA) is 145 Å². The van der Waals surface area contributed by atoms with Gasteiger partial charge in [-0.05, 0) is 6.42 Å². The SMILES string of the molecule is CC(=O)NCCCS(=O)(=O)OCC(C)(C)[C@@H](O)C(=O)OC(C)OC(C)=O. The van der Waals surface area contributed by atoms with Gasteiger partial charge >= 0.3 is 11.9 Å². The van der Waals surface area contributed by atoms with Gasteiger partial charge in [-0.15, -0.1) is 0 Å².